The first-order valence-corrected chi connectivity index (χ1v) is 6.09. The lowest BCUT2D eigenvalue weighted by atomic mass is 9.98. The van der Waals surface area contributed by atoms with Gasteiger partial charge >= 0.3 is 6.18 Å². The van der Waals surface area contributed by atoms with Crippen LogP contribution in [0.25, 0.3) is 5.57 Å². The van der Waals surface area contributed by atoms with Crippen molar-refractivity contribution in [1.29, 1.82) is 0 Å². The van der Waals surface area contributed by atoms with Gasteiger partial charge < -0.3 is 4.74 Å². The molecule has 0 aromatic heterocycles. The molecule has 3 nitrogen and oxygen atoms in total. The van der Waals surface area contributed by atoms with Crippen LogP contribution in [0.1, 0.15) is 18.1 Å². The molecule has 0 saturated heterocycles. The number of ether oxygens (including phenoxy) is 1. The van der Waals surface area contributed by atoms with E-state index in [1.54, 1.807) is 6.92 Å². The number of rotatable bonds is 3. The fourth-order valence-corrected chi connectivity index (χ4v) is 2.24. The van der Waals surface area contributed by atoms with Crippen LogP contribution >= 0.6 is 11.6 Å². The summed E-state index contributed by atoms with van der Waals surface area (Å²) in [5.41, 5.74) is 5.33. The largest absolute Gasteiger partial charge is 0.496 e. The normalized spacial score (nSPS) is 15.2. The Balaban J connectivity index is 2.48. The summed E-state index contributed by atoms with van der Waals surface area (Å²) in [6.45, 7) is 1.68. The van der Waals surface area contributed by atoms with Crippen LogP contribution in [-0.2, 0) is 6.42 Å². The first-order valence-electron chi connectivity index (χ1n) is 5.71. The minimum absolute atomic E-state index is 0.130. The van der Waals surface area contributed by atoms with Crippen LogP contribution in [0.2, 0.25) is 0 Å². The van der Waals surface area contributed by atoms with Gasteiger partial charge in [0.2, 0.25) is 0 Å². The standard InChI is InChI=1S/C13H11ClF3N2O/c1-7-11(12(14)19-18-7)9-5-8(6-13(15,16)17)3-4-10(9)20-2/h3-5H,6H2,1-2H3. The second-order valence-corrected chi connectivity index (χ2v) is 4.64. The molecule has 0 saturated carbocycles. The van der Waals surface area contributed by atoms with Crippen molar-refractivity contribution >= 4 is 22.9 Å². The molecule has 0 fully saturated rings. The minimum Gasteiger partial charge on any atom is -0.496 e. The monoisotopic (exact) mass is 303 g/mol. The Bertz CT molecular complexity index is 594. The van der Waals surface area contributed by atoms with Crippen LogP contribution in [0.4, 0.5) is 13.2 Å². The molecule has 1 heterocycles. The van der Waals surface area contributed by atoms with Gasteiger partial charge in [0.25, 0.3) is 0 Å². The third kappa shape index (κ3) is 3.07. The van der Waals surface area contributed by atoms with Crippen molar-refractivity contribution in [3.63, 3.8) is 0 Å². The van der Waals surface area contributed by atoms with E-state index >= 15 is 0 Å². The van der Waals surface area contributed by atoms with Crippen molar-refractivity contribution in [2.24, 2.45) is 5.10 Å². The Morgan fingerprint density at radius 2 is 2.00 bits per heavy atom. The maximum atomic E-state index is 12.5. The second-order valence-electron chi connectivity index (χ2n) is 4.28. The summed E-state index contributed by atoms with van der Waals surface area (Å²) in [5.74, 6) is 0.427. The lowest BCUT2D eigenvalue weighted by Gasteiger charge is -2.13. The average Bonchev–Trinajstić information content (AvgIpc) is 2.67. The van der Waals surface area contributed by atoms with Gasteiger partial charge in [-0.05, 0) is 24.6 Å². The number of methoxy groups -OCH3 is 1. The van der Waals surface area contributed by atoms with Gasteiger partial charge in [-0.2, -0.15) is 18.3 Å². The predicted octanol–water partition coefficient (Wildman–Crippen LogP) is 3.70. The molecule has 1 radical (unpaired) electrons. The molecule has 0 spiro atoms. The molecule has 1 aromatic rings. The van der Waals surface area contributed by atoms with E-state index in [0.717, 1.165) is 0 Å². The smallest absolute Gasteiger partial charge is 0.393 e. The Morgan fingerprint density at radius 3 is 2.50 bits per heavy atom. The zero-order valence-corrected chi connectivity index (χ0v) is 11.5. The number of halogens is 4. The van der Waals surface area contributed by atoms with E-state index in [9.17, 15) is 13.2 Å². The van der Waals surface area contributed by atoms with Crippen molar-refractivity contribution < 1.29 is 17.9 Å². The quantitative estimate of drug-likeness (QED) is 0.784. The van der Waals surface area contributed by atoms with Crippen LogP contribution in [0.3, 0.4) is 0 Å². The van der Waals surface area contributed by atoms with Crippen molar-refractivity contribution in [3.05, 3.63) is 34.5 Å². The Kier molecular flexibility index (Phi) is 3.94. The third-order valence-corrected chi connectivity index (χ3v) is 3.06. The molecular formula is C13H11ClF3N2O. The Morgan fingerprint density at radius 1 is 1.30 bits per heavy atom. The zero-order valence-electron chi connectivity index (χ0n) is 10.8. The summed E-state index contributed by atoms with van der Waals surface area (Å²) < 4.78 is 42.6. The van der Waals surface area contributed by atoms with E-state index < -0.39 is 12.6 Å². The highest BCUT2D eigenvalue weighted by atomic mass is 35.5. The van der Waals surface area contributed by atoms with Crippen LogP contribution in [0, 0.1) is 0 Å². The highest BCUT2D eigenvalue weighted by molar-refractivity contribution is 6.41. The van der Waals surface area contributed by atoms with Gasteiger partial charge in [0, 0.05) is 11.1 Å². The number of alkyl halides is 3. The van der Waals surface area contributed by atoms with Gasteiger partial charge in [0.05, 0.1) is 19.2 Å². The number of benzene rings is 1. The van der Waals surface area contributed by atoms with E-state index in [4.69, 9.17) is 16.3 Å². The lowest BCUT2D eigenvalue weighted by Crippen LogP contribution is -2.12. The molecular weight excluding hydrogens is 293 g/mol. The molecule has 0 aliphatic carbocycles. The predicted molar refractivity (Wildman–Crippen MR) is 70.8 cm³/mol. The molecule has 7 heteroatoms. The average molecular weight is 304 g/mol. The fraction of sp³-hybridized carbons (Fsp3) is 0.308. The van der Waals surface area contributed by atoms with Gasteiger partial charge in [0.1, 0.15) is 5.75 Å². The molecule has 1 aliphatic rings. The van der Waals surface area contributed by atoms with Crippen molar-refractivity contribution in [2.75, 3.05) is 7.11 Å². The highest BCUT2D eigenvalue weighted by Gasteiger charge is 2.29. The van der Waals surface area contributed by atoms with E-state index in [0.29, 0.717) is 22.6 Å². The molecule has 0 amide bonds. The zero-order chi connectivity index (χ0) is 14.9. The summed E-state index contributed by atoms with van der Waals surface area (Å²) in [4.78, 5) is 0. The van der Waals surface area contributed by atoms with Gasteiger partial charge in [-0.3, -0.25) is 0 Å². The van der Waals surface area contributed by atoms with Crippen LogP contribution in [0.5, 0.6) is 5.75 Å². The van der Waals surface area contributed by atoms with Crippen molar-refractivity contribution in [3.8, 4) is 5.75 Å². The van der Waals surface area contributed by atoms with Crippen LogP contribution < -0.4 is 10.2 Å². The Labute approximate surface area is 119 Å². The fourth-order valence-electron chi connectivity index (χ4n) is 1.97. The van der Waals surface area contributed by atoms with Gasteiger partial charge in [-0.25, -0.2) is 0 Å². The topological polar surface area (TPSA) is 35.7 Å². The Hall–Kier alpha value is -1.69. The van der Waals surface area contributed by atoms with Crippen LogP contribution in [0.15, 0.2) is 28.5 Å². The lowest BCUT2D eigenvalue weighted by molar-refractivity contribution is -0.127. The van der Waals surface area contributed by atoms with E-state index in [1.165, 1.54) is 25.3 Å². The SMILES string of the molecule is COc1ccc(CC(F)(F)F)cc1C1=C(Cl)[N]N=C1C. The van der Waals surface area contributed by atoms with Crippen LogP contribution in [-0.4, -0.2) is 19.0 Å². The molecule has 20 heavy (non-hydrogen) atoms. The molecule has 107 valence electrons. The number of hydrogen-bond acceptors (Lipinski definition) is 2. The molecule has 0 unspecified atom stereocenters. The van der Waals surface area contributed by atoms with Gasteiger partial charge in [-0.15, -0.1) is 5.43 Å². The first-order chi connectivity index (χ1) is 9.31. The molecule has 1 aliphatic heterocycles. The third-order valence-electron chi connectivity index (χ3n) is 2.79. The second kappa shape index (κ2) is 5.36. The molecule has 2 rings (SSSR count). The van der Waals surface area contributed by atoms with E-state index in [-0.39, 0.29) is 10.7 Å². The summed E-state index contributed by atoms with van der Waals surface area (Å²) >= 11 is 5.94. The van der Waals surface area contributed by atoms with Gasteiger partial charge in [-0.1, -0.05) is 17.7 Å². The molecule has 0 atom stereocenters. The number of nitrogens with zero attached hydrogens (tertiary/aromatic N) is 2. The molecule has 0 N–H and O–H groups in total. The molecule has 0 bridgehead atoms. The summed E-state index contributed by atoms with van der Waals surface area (Å²) in [6.07, 6.45) is -5.28. The molecule has 1 aromatic carbocycles. The van der Waals surface area contributed by atoms with E-state index in [1.807, 2.05) is 0 Å². The van der Waals surface area contributed by atoms with E-state index in [2.05, 4.69) is 10.5 Å². The minimum atomic E-state index is -4.27. The highest BCUT2D eigenvalue weighted by Crippen LogP contribution is 2.34. The maximum Gasteiger partial charge on any atom is 0.393 e. The summed E-state index contributed by atoms with van der Waals surface area (Å²) in [5, 5.41) is 3.96. The number of hydrogen-bond donors (Lipinski definition) is 0. The van der Waals surface area contributed by atoms with Gasteiger partial charge in [0.15, 0.2) is 5.16 Å². The first kappa shape index (κ1) is 14.7. The maximum absolute atomic E-state index is 12.5. The number of allylic oxidation sites excluding steroid dienone is 1. The summed E-state index contributed by atoms with van der Waals surface area (Å²) in [7, 11) is 1.44. The van der Waals surface area contributed by atoms with Crippen molar-refractivity contribution in [2.45, 2.75) is 19.5 Å². The van der Waals surface area contributed by atoms with Crippen molar-refractivity contribution in [1.82, 2.24) is 5.43 Å². The summed E-state index contributed by atoms with van der Waals surface area (Å²) in [6, 6.07) is 4.27.